The molecule has 0 fully saturated rings. The average Bonchev–Trinajstić information content (AvgIpc) is 2.03. The van der Waals surface area contributed by atoms with Crippen LogP contribution >= 0.6 is 0 Å². The third-order valence-corrected chi connectivity index (χ3v) is 0.933. The fourth-order valence-corrected chi connectivity index (χ4v) is 0.435. The van der Waals surface area contributed by atoms with Crippen LogP contribution in [0.3, 0.4) is 0 Å². The van der Waals surface area contributed by atoms with Gasteiger partial charge in [-0.3, -0.25) is 0 Å². The lowest BCUT2D eigenvalue weighted by Gasteiger charge is -1.80. The maximum atomic E-state index is 8.39. The Morgan fingerprint density at radius 1 is 1.36 bits per heavy atom. The molecule has 0 aliphatic carbocycles. The molecule has 0 amide bonds. The standard InChI is InChI=1S/C10H12O/c1-2-3-4-5-6-7-8-9-10-11/h2-3,11H,8-10H2,1H3/b3-2+. The van der Waals surface area contributed by atoms with E-state index in [-0.39, 0.29) is 6.61 Å². The topological polar surface area (TPSA) is 20.2 Å². The molecule has 0 spiro atoms. The summed E-state index contributed by atoms with van der Waals surface area (Å²) >= 11 is 0. The van der Waals surface area contributed by atoms with Gasteiger partial charge in [-0.15, -0.1) is 0 Å². The molecule has 0 saturated carbocycles. The van der Waals surface area contributed by atoms with Crippen molar-refractivity contribution in [2.24, 2.45) is 0 Å². The van der Waals surface area contributed by atoms with Crippen LogP contribution in [0.2, 0.25) is 0 Å². The molecule has 0 aromatic heterocycles. The number of allylic oxidation sites excluding steroid dienone is 2. The van der Waals surface area contributed by atoms with E-state index in [1.165, 1.54) is 0 Å². The summed E-state index contributed by atoms with van der Waals surface area (Å²) in [6, 6.07) is 0. The summed E-state index contributed by atoms with van der Waals surface area (Å²) in [4.78, 5) is 0. The van der Waals surface area contributed by atoms with E-state index in [4.69, 9.17) is 5.11 Å². The van der Waals surface area contributed by atoms with Crippen molar-refractivity contribution in [1.29, 1.82) is 0 Å². The summed E-state index contributed by atoms with van der Waals surface area (Å²) in [5.74, 6) is 10.9. The molecule has 0 heterocycles. The van der Waals surface area contributed by atoms with E-state index in [0.717, 1.165) is 12.8 Å². The zero-order valence-corrected chi connectivity index (χ0v) is 6.72. The van der Waals surface area contributed by atoms with Crippen LogP contribution in [0, 0.1) is 23.7 Å². The van der Waals surface area contributed by atoms with Crippen LogP contribution in [0.15, 0.2) is 12.2 Å². The molecule has 0 aromatic rings. The van der Waals surface area contributed by atoms with Gasteiger partial charge >= 0.3 is 0 Å². The highest BCUT2D eigenvalue weighted by Gasteiger charge is 1.74. The van der Waals surface area contributed by atoms with Gasteiger partial charge in [0.15, 0.2) is 0 Å². The Labute approximate surface area is 68.1 Å². The van der Waals surface area contributed by atoms with E-state index in [2.05, 4.69) is 23.7 Å². The van der Waals surface area contributed by atoms with Gasteiger partial charge in [-0.1, -0.05) is 17.9 Å². The second-order valence-corrected chi connectivity index (χ2v) is 1.90. The molecule has 0 radical (unpaired) electrons. The quantitative estimate of drug-likeness (QED) is 0.463. The molecular weight excluding hydrogens is 136 g/mol. The van der Waals surface area contributed by atoms with E-state index in [1.807, 2.05) is 13.0 Å². The maximum absolute atomic E-state index is 8.39. The monoisotopic (exact) mass is 148 g/mol. The molecule has 58 valence electrons. The molecule has 1 nitrogen and oxygen atoms in total. The molecule has 0 aliphatic rings. The lowest BCUT2D eigenvalue weighted by molar-refractivity contribution is 0.290. The highest BCUT2D eigenvalue weighted by Crippen LogP contribution is 1.81. The van der Waals surface area contributed by atoms with E-state index in [9.17, 15) is 0 Å². The van der Waals surface area contributed by atoms with Gasteiger partial charge in [-0.25, -0.2) is 0 Å². The van der Waals surface area contributed by atoms with Crippen molar-refractivity contribution in [2.45, 2.75) is 19.8 Å². The van der Waals surface area contributed by atoms with E-state index in [1.54, 1.807) is 6.08 Å². The van der Waals surface area contributed by atoms with Crippen LogP contribution in [0.1, 0.15) is 19.8 Å². The van der Waals surface area contributed by atoms with Crippen LogP contribution < -0.4 is 0 Å². The van der Waals surface area contributed by atoms with E-state index < -0.39 is 0 Å². The first-order valence-corrected chi connectivity index (χ1v) is 3.62. The summed E-state index contributed by atoms with van der Waals surface area (Å²) in [7, 11) is 0. The van der Waals surface area contributed by atoms with E-state index >= 15 is 0 Å². The minimum absolute atomic E-state index is 0.205. The number of rotatable bonds is 2. The number of unbranched alkanes of at least 4 members (excludes halogenated alkanes) is 1. The zero-order chi connectivity index (χ0) is 8.36. The molecule has 1 N–H and O–H groups in total. The molecule has 1 heteroatoms. The number of hydrogen-bond acceptors (Lipinski definition) is 1. The first-order valence-electron chi connectivity index (χ1n) is 3.62. The third-order valence-electron chi connectivity index (χ3n) is 0.933. The van der Waals surface area contributed by atoms with Crippen LogP contribution in [-0.2, 0) is 0 Å². The fraction of sp³-hybridized carbons (Fsp3) is 0.400. The van der Waals surface area contributed by atoms with Gasteiger partial charge in [-0.2, -0.15) is 0 Å². The van der Waals surface area contributed by atoms with Crippen molar-refractivity contribution < 1.29 is 5.11 Å². The molecule has 0 aliphatic heterocycles. The maximum Gasteiger partial charge on any atom is 0.0440 e. The van der Waals surface area contributed by atoms with Gasteiger partial charge in [0.05, 0.1) is 0 Å². The number of aliphatic hydroxyl groups excluding tert-OH is 1. The SMILES string of the molecule is C/C=C/C#CC#CCCCO. The Morgan fingerprint density at radius 3 is 2.82 bits per heavy atom. The fourth-order valence-electron chi connectivity index (χ4n) is 0.435. The van der Waals surface area contributed by atoms with Crippen molar-refractivity contribution in [3.63, 3.8) is 0 Å². The van der Waals surface area contributed by atoms with E-state index in [0.29, 0.717) is 0 Å². The van der Waals surface area contributed by atoms with Gasteiger partial charge in [0.1, 0.15) is 0 Å². The molecule has 11 heavy (non-hydrogen) atoms. The highest BCUT2D eigenvalue weighted by atomic mass is 16.2. The van der Waals surface area contributed by atoms with Crippen LogP contribution in [0.4, 0.5) is 0 Å². The van der Waals surface area contributed by atoms with Gasteiger partial charge in [0.2, 0.25) is 0 Å². The van der Waals surface area contributed by atoms with Crippen molar-refractivity contribution in [3.05, 3.63) is 12.2 Å². The normalized spacial score (nSPS) is 8.18. The Bertz CT molecular complexity index is 217. The van der Waals surface area contributed by atoms with Crippen molar-refractivity contribution in [2.75, 3.05) is 6.61 Å². The summed E-state index contributed by atoms with van der Waals surface area (Å²) in [6.07, 6.45) is 5.07. The van der Waals surface area contributed by atoms with Gasteiger partial charge in [-0.05, 0) is 31.3 Å². The zero-order valence-electron chi connectivity index (χ0n) is 6.72. The second kappa shape index (κ2) is 8.82. The van der Waals surface area contributed by atoms with Crippen molar-refractivity contribution in [1.82, 2.24) is 0 Å². The first-order chi connectivity index (χ1) is 5.41. The predicted octanol–water partition coefficient (Wildman–Crippen LogP) is 1.34. The predicted molar refractivity (Wildman–Crippen MR) is 46.7 cm³/mol. The number of aliphatic hydroxyl groups is 1. The first kappa shape index (κ1) is 9.82. The minimum Gasteiger partial charge on any atom is -0.396 e. The highest BCUT2D eigenvalue weighted by molar-refractivity contribution is 5.30. The van der Waals surface area contributed by atoms with Crippen molar-refractivity contribution in [3.8, 4) is 23.7 Å². The lowest BCUT2D eigenvalue weighted by atomic mass is 10.3. The van der Waals surface area contributed by atoms with Crippen LogP contribution in [-0.4, -0.2) is 11.7 Å². The Morgan fingerprint density at radius 2 is 2.18 bits per heavy atom. The third kappa shape index (κ3) is 8.82. The average molecular weight is 148 g/mol. The molecule has 0 rings (SSSR count). The lowest BCUT2D eigenvalue weighted by Crippen LogP contribution is -1.77. The molecule has 0 saturated heterocycles. The summed E-state index contributed by atoms with van der Waals surface area (Å²) in [5.41, 5.74) is 0. The molecular formula is C10H12O. The van der Waals surface area contributed by atoms with Crippen molar-refractivity contribution >= 4 is 0 Å². The Kier molecular flexibility index (Phi) is 7.87. The summed E-state index contributed by atoms with van der Waals surface area (Å²) in [6.45, 7) is 2.12. The van der Waals surface area contributed by atoms with Gasteiger partial charge in [0, 0.05) is 13.0 Å². The Hall–Kier alpha value is -1.18. The second-order valence-electron chi connectivity index (χ2n) is 1.90. The van der Waals surface area contributed by atoms with Gasteiger partial charge < -0.3 is 5.11 Å². The molecule has 0 atom stereocenters. The Balaban J connectivity index is 3.49. The summed E-state index contributed by atoms with van der Waals surface area (Å²) in [5, 5.41) is 8.39. The summed E-state index contributed by atoms with van der Waals surface area (Å²) < 4.78 is 0. The molecule has 0 bridgehead atoms. The van der Waals surface area contributed by atoms with Crippen LogP contribution in [0.25, 0.3) is 0 Å². The van der Waals surface area contributed by atoms with Gasteiger partial charge in [0.25, 0.3) is 0 Å². The number of hydrogen-bond donors (Lipinski definition) is 1. The largest absolute Gasteiger partial charge is 0.396 e. The molecule has 0 aromatic carbocycles. The minimum atomic E-state index is 0.205. The smallest absolute Gasteiger partial charge is 0.0440 e. The molecule has 0 unspecified atom stereocenters. The van der Waals surface area contributed by atoms with Crippen LogP contribution in [0.5, 0.6) is 0 Å².